The van der Waals surface area contributed by atoms with Crippen molar-refractivity contribution in [1.82, 2.24) is 14.8 Å². The SMILES string of the molecule is CCCC(CN)c1nnc2n1CCCCC2. The first kappa shape index (κ1) is 11.6. The Kier molecular flexibility index (Phi) is 3.93. The van der Waals surface area contributed by atoms with Gasteiger partial charge in [-0.3, -0.25) is 0 Å². The highest BCUT2D eigenvalue weighted by molar-refractivity contribution is 5.04. The summed E-state index contributed by atoms with van der Waals surface area (Å²) in [5.74, 6) is 2.69. The van der Waals surface area contributed by atoms with E-state index in [1.165, 1.54) is 25.1 Å². The molecule has 0 aliphatic carbocycles. The summed E-state index contributed by atoms with van der Waals surface area (Å²) in [4.78, 5) is 0. The van der Waals surface area contributed by atoms with E-state index in [4.69, 9.17) is 5.73 Å². The van der Waals surface area contributed by atoms with Crippen LogP contribution in [0.15, 0.2) is 0 Å². The quantitative estimate of drug-likeness (QED) is 0.845. The maximum atomic E-state index is 5.84. The molecule has 2 rings (SSSR count). The largest absolute Gasteiger partial charge is 0.330 e. The number of aryl methyl sites for hydroxylation is 1. The second kappa shape index (κ2) is 5.43. The minimum Gasteiger partial charge on any atom is -0.330 e. The van der Waals surface area contributed by atoms with E-state index in [0.717, 1.165) is 31.6 Å². The average molecular weight is 222 g/mol. The van der Waals surface area contributed by atoms with Gasteiger partial charge >= 0.3 is 0 Å². The Balaban J connectivity index is 2.23. The summed E-state index contributed by atoms with van der Waals surface area (Å²) >= 11 is 0. The zero-order valence-electron chi connectivity index (χ0n) is 10.2. The molecule has 1 aliphatic rings. The molecule has 1 unspecified atom stereocenters. The van der Waals surface area contributed by atoms with Crippen molar-refractivity contribution >= 4 is 0 Å². The third kappa shape index (κ3) is 2.26. The summed E-state index contributed by atoms with van der Waals surface area (Å²) in [6, 6.07) is 0. The van der Waals surface area contributed by atoms with Gasteiger partial charge in [-0.05, 0) is 19.3 Å². The Morgan fingerprint density at radius 3 is 2.94 bits per heavy atom. The Bertz CT molecular complexity index is 332. The van der Waals surface area contributed by atoms with Gasteiger partial charge in [0, 0.05) is 25.4 Å². The molecule has 4 heteroatoms. The molecule has 1 atom stereocenters. The smallest absolute Gasteiger partial charge is 0.137 e. The Morgan fingerprint density at radius 2 is 2.19 bits per heavy atom. The third-order valence-electron chi connectivity index (χ3n) is 3.42. The second-order valence-electron chi connectivity index (χ2n) is 4.66. The van der Waals surface area contributed by atoms with E-state index in [1.807, 2.05) is 0 Å². The number of hydrogen-bond donors (Lipinski definition) is 1. The molecular formula is C12H22N4. The number of nitrogens with two attached hydrogens (primary N) is 1. The molecule has 0 saturated heterocycles. The molecule has 16 heavy (non-hydrogen) atoms. The standard InChI is InChI=1S/C12H22N4/c1-2-6-10(9-13)12-15-14-11-7-4-3-5-8-16(11)12/h10H,2-9,13H2,1H3. The van der Waals surface area contributed by atoms with Gasteiger partial charge in [0.05, 0.1) is 0 Å². The van der Waals surface area contributed by atoms with E-state index in [-0.39, 0.29) is 0 Å². The number of hydrogen-bond acceptors (Lipinski definition) is 3. The van der Waals surface area contributed by atoms with E-state index < -0.39 is 0 Å². The summed E-state index contributed by atoms with van der Waals surface area (Å²) in [7, 11) is 0. The first-order valence-corrected chi connectivity index (χ1v) is 6.48. The lowest BCUT2D eigenvalue weighted by Crippen LogP contribution is -2.18. The molecule has 1 aliphatic heterocycles. The Morgan fingerprint density at radius 1 is 1.31 bits per heavy atom. The lowest BCUT2D eigenvalue weighted by atomic mass is 10.0. The lowest BCUT2D eigenvalue weighted by molar-refractivity contribution is 0.528. The van der Waals surface area contributed by atoms with Crippen LogP contribution in [0.1, 0.15) is 56.6 Å². The molecule has 0 radical (unpaired) electrons. The van der Waals surface area contributed by atoms with Crippen LogP contribution in [0.5, 0.6) is 0 Å². The van der Waals surface area contributed by atoms with Crippen molar-refractivity contribution in [2.24, 2.45) is 5.73 Å². The fraction of sp³-hybridized carbons (Fsp3) is 0.833. The summed E-state index contributed by atoms with van der Waals surface area (Å²) in [5, 5.41) is 8.69. The monoisotopic (exact) mass is 222 g/mol. The summed E-state index contributed by atoms with van der Waals surface area (Å²) in [5.41, 5.74) is 5.84. The fourth-order valence-electron chi connectivity index (χ4n) is 2.51. The van der Waals surface area contributed by atoms with E-state index >= 15 is 0 Å². The molecule has 2 heterocycles. The molecule has 1 aromatic heterocycles. The molecule has 0 spiro atoms. The number of nitrogens with zero attached hydrogens (tertiary/aromatic N) is 3. The first-order chi connectivity index (χ1) is 7.86. The molecule has 0 bridgehead atoms. The van der Waals surface area contributed by atoms with Crippen LogP contribution in [0, 0.1) is 0 Å². The third-order valence-corrected chi connectivity index (χ3v) is 3.42. The van der Waals surface area contributed by atoms with Gasteiger partial charge in [-0.1, -0.05) is 19.8 Å². The van der Waals surface area contributed by atoms with Gasteiger partial charge in [0.15, 0.2) is 0 Å². The molecule has 0 fully saturated rings. The Hall–Kier alpha value is -0.900. The predicted octanol–water partition coefficient (Wildman–Crippen LogP) is 1.85. The van der Waals surface area contributed by atoms with E-state index in [9.17, 15) is 0 Å². The highest BCUT2D eigenvalue weighted by Crippen LogP contribution is 2.22. The Labute approximate surface area is 97.2 Å². The lowest BCUT2D eigenvalue weighted by Gasteiger charge is -2.14. The van der Waals surface area contributed by atoms with Gasteiger partial charge in [-0.2, -0.15) is 0 Å². The van der Waals surface area contributed by atoms with Gasteiger partial charge in [-0.25, -0.2) is 0 Å². The van der Waals surface area contributed by atoms with Crippen molar-refractivity contribution in [3.8, 4) is 0 Å². The van der Waals surface area contributed by atoms with Crippen LogP contribution in [-0.4, -0.2) is 21.3 Å². The van der Waals surface area contributed by atoms with Gasteiger partial charge in [0.25, 0.3) is 0 Å². The van der Waals surface area contributed by atoms with Crippen molar-refractivity contribution < 1.29 is 0 Å². The number of aromatic nitrogens is 3. The predicted molar refractivity (Wildman–Crippen MR) is 64.3 cm³/mol. The van der Waals surface area contributed by atoms with Crippen LogP contribution in [0.25, 0.3) is 0 Å². The van der Waals surface area contributed by atoms with Gasteiger partial charge in [0.1, 0.15) is 11.6 Å². The van der Waals surface area contributed by atoms with Crippen molar-refractivity contribution in [1.29, 1.82) is 0 Å². The highest BCUT2D eigenvalue weighted by atomic mass is 15.3. The average Bonchev–Trinajstić information content (AvgIpc) is 2.56. The highest BCUT2D eigenvalue weighted by Gasteiger charge is 2.20. The van der Waals surface area contributed by atoms with Crippen LogP contribution in [-0.2, 0) is 13.0 Å². The van der Waals surface area contributed by atoms with Crippen molar-refractivity contribution in [3.05, 3.63) is 11.6 Å². The number of fused-ring (bicyclic) bond motifs is 1. The summed E-state index contributed by atoms with van der Waals surface area (Å²) in [6.45, 7) is 3.96. The second-order valence-corrected chi connectivity index (χ2v) is 4.66. The molecule has 1 aromatic rings. The van der Waals surface area contributed by atoms with Crippen molar-refractivity contribution in [2.75, 3.05) is 6.54 Å². The molecule has 0 saturated carbocycles. The fourth-order valence-corrected chi connectivity index (χ4v) is 2.51. The van der Waals surface area contributed by atoms with Crippen molar-refractivity contribution in [3.63, 3.8) is 0 Å². The summed E-state index contributed by atoms with van der Waals surface area (Å²) in [6.07, 6.45) is 7.17. The number of rotatable bonds is 4. The molecule has 90 valence electrons. The van der Waals surface area contributed by atoms with E-state index in [0.29, 0.717) is 12.5 Å². The van der Waals surface area contributed by atoms with Gasteiger partial charge < -0.3 is 10.3 Å². The minimum absolute atomic E-state index is 0.393. The van der Waals surface area contributed by atoms with Crippen LogP contribution in [0.3, 0.4) is 0 Å². The van der Waals surface area contributed by atoms with Crippen LogP contribution >= 0.6 is 0 Å². The zero-order valence-corrected chi connectivity index (χ0v) is 10.2. The minimum atomic E-state index is 0.393. The van der Waals surface area contributed by atoms with Gasteiger partial charge in [-0.15, -0.1) is 10.2 Å². The zero-order chi connectivity index (χ0) is 11.4. The van der Waals surface area contributed by atoms with Crippen LogP contribution in [0.4, 0.5) is 0 Å². The van der Waals surface area contributed by atoms with E-state index in [1.54, 1.807) is 0 Å². The summed E-state index contributed by atoms with van der Waals surface area (Å²) < 4.78 is 2.32. The molecule has 0 amide bonds. The molecule has 0 aromatic carbocycles. The maximum Gasteiger partial charge on any atom is 0.137 e. The van der Waals surface area contributed by atoms with Crippen LogP contribution < -0.4 is 5.73 Å². The van der Waals surface area contributed by atoms with Crippen LogP contribution in [0.2, 0.25) is 0 Å². The van der Waals surface area contributed by atoms with Gasteiger partial charge in [0.2, 0.25) is 0 Å². The van der Waals surface area contributed by atoms with E-state index in [2.05, 4.69) is 21.7 Å². The van der Waals surface area contributed by atoms with Crippen molar-refractivity contribution in [2.45, 2.75) is 57.9 Å². The molecular weight excluding hydrogens is 200 g/mol. The normalized spacial score (nSPS) is 17.9. The molecule has 2 N–H and O–H groups in total. The first-order valence-electron chi connectivity index (χ1n) is 6.48. The molecule has 4 nitrogen and oxygen atoms in total. The maximum absolute atomic E-state index is 5.84. The topological polar surface area (TPSA) is 56.7 Å².